The maximum absolute atomic E-state index is 12.4. The minimum Gasteiger partial charge on any atom is -0.478 e. The lowest BCUT2D eigenvalue weighted by molar-refractivity contribution is -0.141. The highest BCUT2D eigenvalue weighted by atomic mass is 19.4. The lowest BCUT2D eigenvalue weighted by Crippen LogP contribution is -2.08. The minimum absolute atomic E-state index is 0.171. The third-order valence-corrected chi connectivity index (χ3v) is 2.65. The molecule has 2 rings (SSSR count). The van der Waals surface area contributed by atoms with E-state index in [0.29, 0.717) is 5.56 Å². The summed E-state index contributed by atoms with van der Waals surface area (Å²) in [4.78, 5) is 10.4. The number of rotatable bonds is 4. The van der Waals surface area contributed by atoms with Crippen LogP contribution in [-0.4, -0.2) is 20.9 Å². The van der Waals surface area contributed by atoms with Crippen LogP contribution in [0.1, 0.15) is 16.8 Å². The first kappa shape index (κ1) is 14.8. The molecule has 0 atom stereocenters. The monoisotopic (exact) mass is 296 g/mol. The number of carboxylic acids is 1. The number of aromatic nitrogens is 2. The number of carboxylic acid groups (broad SMARTS) is 1. The summed E-state index contributed by atoms with van der Waals surface area (Å²) in [6.45, 7) is 0.171. The molecule has 21 heavy (non-hydrogen) atoms. The highest BCUT2D eigenvalue weighted by Crippen LogP contribution is 2.27. The molecule has 0 aliphatic heterocycles. The number of hydrogen-bond acceptors (Lipinski definition) is 2. The topological polar surface area (TPSA) is 55.1 Å². The Labute approximate surface area is 118 Å². The zero-order valence-corrected chi connectivity index (χ0v) is 10.7. The fourth-order valence-corrected chi connectivity index (χ4v) is 1.75. The highest BCUT2D eigenvalue weighted by Gasteiger charge is 2.33. The van der Waals surface area contributed by atoms with E-state index in [1.54, 1.807) is 24.3 Å². The zero-order valence-electron chi connectivity index (χ0n) is 10.7. The molecule has 0 aliphatic rings. The fraction of sp³-hybridized carbons (Fsp3) is 0.143. The van der Waals surface area contributed by atoms with Crippen LogP contribution in [0.5, 0.6) is 0 Å². The molecule has 1 aromatic heterocycles. The summed E-state index contributed by atoms with van der Waals surface area (Å²) in [7, 11) is 0. The van der Waals surface area contributed by atoms with Crippen molar-refractivity contribution in [1.82, 2.24) is 9.78 Å². The number of aliphatic carboxylic acids is 1. The molecule has 0 spiro atoms. The summed E-state index contributed by atoms with van der Waals surface area (Å²) in [5.74, 6) is -1.07. The van der Waals surface area contributed by atoms with Gasteiger partial charge in [0.15, 0.2) is 5.69 Å². The van der Waals surface area contributed by atoms with Crippen molar-refractivity contribution in [2.45, 2.75) is 12.7 Å². The third kappa shape index (κ3) is 4.20. The van der Waals surface area contributed by atoms with Crippen molar-refractivity contribution in [3.63, 3.8) is 0 Å². The van der Waals surface area contributed by atoms with Gasteiger partial charge in [-0.15, -0.1) is 0 Å². The first-order valence-electron chi connectivity index (χ1n) is 5.95. The maximum Gasteiger partial charge on any atom is 0.435 e. The van der Waals surface area contributed by atoms with Crippen molar-refractivity contribution >= 4 is 12.0 Å². The molecule has 1 heterocycles. The molecule has 7 heteroatoms. The Morgan fingerprint density at radius 1 is 1.33 bits per heavy atom. The summed E-state index contributed by atoms with van der Waals surface area (Å²) in [5, 5.41) is 12.0. The number of carbonyl (C=O) groups is 1. The van der Waals surface area contributed by atoms with Gasteiger partial charge in [0.25, 0.3) is 0 Å². The molecule has 1 N–H and O–H groups in total. The fourth-order valence-electron chi connectivity index (χ4n) is 1.75. The van der Waals surface area contributed by atoms with E-state index >= 15 is 0 Å². The second-order valence-corrected chi connectivity index (χ2v) is 4.31. The lowest BCUT2D eigenvalue weighted by Gasteiger charge is -2.04. The van der Waals surface area contributed by atoms with Crippen LogP contribution in [0.3, 0.4) is 0 Å². The van der Waals surface area contributed by atoms with Crippen LogP contribution >= 0.6 is 0 Å². The lowest BCUT2D eigenvalue weighted by atomic mass is 10.1. The second kappa shape index (κ2) is 5.82. The van der Waals surface area contributed by atoms with Crippen LogP contribution in [0.2, 0.25) is 0 Å². The van der Waals surface area contributed by atoms with Crippen LogP contribution in [0.25, 0.3) is 6.08 Å². The molecule has 110 valence electrons. The summed E-state index contributed by atoms with van der Waals surface area (Å²) in [5.41, 5.74) is 0.432. The van der Waals surface area contributed by atoms with Crippen molar-refractivity contribution < 1.29 is 23.1 Å². The van der Waals surface area contributed by atoms with Crippen molar-refractivity contribution in [3.05, 3.63) is 59.4 Å². The predicted octanol–water partition coefficient (Wildman–Crippen LogP) is 3.05. The van der Waals surface area contributed by atoms with Gasteiger partial charge in [-0.25, -0.2) is 4.79 Å². The van der Waals surface area contributed by atoms with E-state index in [1.807, 2.05) is 0 Å². The van der Waals surface area contributed by atoms with Gasteiger partial charge in [-0.1, -0.05) is 18.2 Å². The van der Waals surface area contributed by atoms with E-state index in [9.17, 15) is 18.0 Å². The van der Waals surface area contributed by atoms with Crippen molar-refractivity contribution in [2.75, 3.05) is 0 Å². The van der Waals surface area contributed by atoms with E-state index in [2.05, 4.69) is 5.10 Å². The molecule has 0 bridgehead atoms. The van der Waals surface area contributed by atoms with Crippen LogP contribution in [0, 0.1) is 0 Å². The molecule has 0 fully saturated rings. The van der Waals surface area contributed by atoms with Crippen molar-refractivity contribution in [2.24, 2.45) is 0 Å². The molecule has 0 unspecified atom stereocenters. The predicted molar refractivity (Wildman–Crippen MR) is 69.4 cm³/mol. The van der Waals surface area contributed by atoms with E-state index < -0.39 is 17.8 Å². The Morgan fingerprint density at radius 3 is 2.71 bits per heavy atom. The first-order valence-corrected chi connectivity index (χ1v) is 5.95. The standard InChI is InChI=1S/C14H11F3N2O2/c15-14(16,17)12-6-7-19(18-12)9-11-3-1-2-10(8-11)4-5-13(20)21/h1-8H,9H2,(H,20,21). The van der Waals surface area contributed by atoms with Gasteiger partial charge in [-0.05, 0) is 29.3 Å². The van der Waals surface area contributed by atoms with Gasteiger partial charge in [0.1, 0.15) is 0 Å². The molecule has 1 aromatic carbocycles. The van der Waals surface area contributed by atoms with Gasteiger partial charge in [0, 0.05) is 12.3 Å². The molecule has 4 nitrogen and oxygen atoms in total. The Morgan fingerprint density at radius 2 is 2.10 bits per heavy atom. The van der Waals surface area contributed by atoms with Gasteiger partial charge in [-0.3, -0.25) is 4.68 Å². The average Bonchev–Trinajstić information content (AvgIpc) is 2.85. The number of halogens is 3. The number of hydrogen-bond donors (Lipinski definition) is 1. The summed E-state index contributed by atoms with van der Waals surface area (Å²) < 4.78 is 38.5. The first-order chi connectivity index (χ1) is 9.84. The van der Waals surface area contributed by atoms with E-state index in [4.69, 9.17) is 5.11 Å². The van der Waals surface area contributed by atoms with Gasteiger partial charge in [0.2, 0.25) is 0 Å². The minimum atomic E-state index is -4.46. The Kier molecular flexibility index (Phi) is 4.11. The van der Waals surface area contributed by atoms with E-state index in [0.717, 1.165) is 17.7 Å². The number of alkyl halides is 3. The Hall–Kier alpha value is -2.57. The number of benzene rings is 1. The molecular weight excluding hydrogens is 285 g/mol. The maximum atomic E-state index is 12.4. The largest absolute Gasteiger partial charge is 0.478 e. The van der Waals surface area contributed by atoms with Gasteiger partial charge in [0.05, 0.1) is 6.54 Å². The molecule has 0 radical (unpaired) electrons. The SMILES string of the molecule is O=C(O)C=Cc1cccc(Cn2ccc(C(F)(F)F)n2)c1. The Balaban J connectivity index is 2.15. The molecule has 0 amide bonds. The van der Waals surface area contributed by atoms with Gasteiger partial charge < -0.3 is 5.11 Å². The zero-order chi connectivity index (χ0) is 15.5. The van der Waals surface area contributed by atoms with Crippen LogP contribution in [0.4, 0.5) is 13.2 Å². The van der Waals surface area contributed by atoms with Gasteiger partial charge >= 0.3 is 12.1 Å². The normalized spacial score (nSPS) is 12.0. The van der Waals surface area contributed by atoms with Crippen molar-refractivity contribution in [1.29, 1.82) is 0 Å². The van der Waals surface area contributed by atoms with Crippen molar-refractivity contribution in [3.8, 4) is 0 Å². The van der Waals surface area contributed by atoms with Gasteiger partial charge in [-0.2, -0.15) is 18.3 Å². The quantitative estimate of drug-likeness (QED) is 0.882. The van der Waals surface area contributed by atoms with Crippen LogP contribution in [-0.2, 0) is 17.5 Å². The third-order valence-electron chi connectivity index (χ3n) is 2.65. The second-order valence-electron chi connectivity index (χ2n) is 4.31. The molecular formula is C14H11F3N2O2. The summed E-state index contributed by atoms with van der Waals surface area (Å²) >= 11 is 0. The number of nitrogens with zero attached hydrogens (tertiary/aromatic N) is 2. The molecule has 0 saturated heterocycles. The summed E-state index contributed by atoms with van der Waals surface area (Å²) in [6.07, 6.45) is -0.801. The van der Waals surface area contributed by atoms with Crippen LogP contribution < -0.4 is 0 Å². The molecule has 2 aromatic rings. The average molecular weight is 296 g/mol. The Bertz CT molecular complexity index is 675. The molecule has 0 aliphatic carbocycles. The van der Waals surface area contributed by atoms with E-state index in [-0.39, 0.29) is 6.54 Å². The highest BCUT2D eigenvalue weighted by molar-refractivity contribution is 5.85. The van der Waals surface area contributed by atoms with E-state index in [1.165, 1.54) is 17.0 Å². The summed E-state index contributed by atoms with van der Waals surface area (Å²) in [6, 6.07) is 7.73. The molecule has 0 saturated carbocycles. The van der Waals surface area contributed by atoms with Crippen LogP contribution in [0.15, 0.2) is 42.6 Å². The smallest absolute Gasteiger partial charge is 0.435 e.